The molecule has 0 radical (unpaired) electrons. The molecule has 0 bridgehead atoms. The average molecular weight is 399 g/mol. The Kier molecular flexibility index (Phi) is 4.66. The molecule has 1 aromatic heterocycles. The van der Waals surface area contributed by atoms with Crippen LogP contribution in [0.4, 0.5) is 6.01 Å². The first-order valence-corrected chi connectivity index (χ1v) is 10.2. The van der Waals surface area contributed by atoms with Gasteiger partial charge in [-0.05, 0) is 61.8 Å². The molecule has 8 nitrogen and oxygen atoms in total. The molecule has 8 heteroatoms. The smallest absolute Gasteiger partial charge is 0.337 e. The summed E-state index contributed by atoms with van der Waals surface area (Å²) in [5.74, 6) is 2.27. The zero-order valence-electron chi connectivity index (χ0n) is 16.4. The van der Waals surface area contributed by atoms with Gasteiger partial charge in [0.05, 0.1) is 18.8 Å². The molecule has 1 aromatic carbocycles. The zero-order valence-corrected chi connectivity index (χ0v) is 16.4. The number of rotatable bonds is 5. The summed E-state index contributed by atoms with van der Waals surface area (Å²) < 4.78 is 16.6. The summed E-state index contributed by atoms with van der Waals surface area (Å²) in [7, 11) is 1.35. The second kappa shape index (κ2) is 7.33. The standard InChI is InChI=1S/C21H25N3O5/c1-27-20(26)13-4-6-16(7-5-13)28-18-9-15-11-24(10-14(15)8-17(18)25)21-23-22-19(29-21)12-2-3-12/h4-7,12,14-15,17-18,25H,2-3,8-11H2,1H3/t14-,15+,17+,18+/m0/s1. The van der Waals surface area contributed by atoms with Crippen LogP contribution in [0.2, 0.25) is 0 Å². The van der Waals surface area contributed by atoms with Crippen LogP contribution in [0.15, 0.2) is 28.7 Å². The van der Waals surface area contributed by atoms with Crippen LogP contribution in [0.1, 0.15) is 47.8 Å². The number of esters is 1. The molecule has 0 amide bonds. The fourth-order valence-electron chi connectivity index (χ4n) is 4.48. The van der Waals surface area contributed by atoms with Gasteiger partial charge < -0.3 is 23.9 Å². The van der Waals surface area contributed by atoms with Crippen molar-refractivity contribution < 1.29 is 23.8 Å². The normalized spacial score (nSPS) is 28.8. The van der Waals surface area contributed by atoms with E-state index in [0.717, 1.165) is 38.2 Å². The van der Waals surface area contributed by atoms with Crippen LogP contribution in [0.3, 0.4) is 0 Å². The van der Waals surface area contributed by atoms with Gasteiger partial charge in [0.25, 0.3) is 0 Å². The predicted octanol–water partition coefficient (Wildman–Crippen LogP) is 2.39. The van der Waals surface area contributed by atoms with Crippen LogP contribution in [0.5, 0.6) is 5.75 Å². The second-order valence-electron chi connectivity index (χ2n) is 8.33. The first-order valence-electron chi connectivity index (χ1n) is 10.2. The van der Waals surface area contributed by atoms with Crippen LogP contribution < -0.4 is 9.64 Å². The van der Waals surface area contributed by atoms with Crippen molar-refractivity contribution >= 4 is 12.0 Å². The highest BCUT2D eigenvalue weighted by molar-refractivity contribution is 5.89. The van der Waals surface area contributed by atoms with Gasteiger partial charge in [-0.15, -0.1) is 5.10 Å². The Hall–Kier alpha value is -2.61. The number of carbonyl (C=O) groups excluding carboxylic acids is 1. The summed E-state index contributed by atoms with van der Waals surface area (Å²) in [6.07, 6.45) is 2.93. The fourth-order valence-corrected chi connectivity index (χ4v) is 4.48. The number of aromatic nitrogens is 2. The summed E-state index contributed by atoms with van der Waals surface area (Å²) in [6.45, 7) is 1.67. The molecule has 29 heavy (non-hydrogen) atoms. The van der Waals surface area contributed by atoms with E-state index in [1.807, 2.05) is 0 Å². The Morgan fingerprint density at radius 2 is 1.86 bits per heavy atom. The van der Waals surface area contributed by atoms with Crippen molar-refractivity contribution in [2.75, 3.05) is 25.1 Å². The topological polar surface area (TPSA) is 97.9 Å². The summed E-state index contributed by atoms with van der Waals surface area (Å²) in [4.78, 5) is 13.7. The highest BCUT2D eigenvalue weighted by atomic mass is 16.5. The van der Waals surface area contributed by atoms with E-state index in [1.165, 1.54) is 7.11 Å². The number of nitrogens with zero attached hydrogens (tertiary/aromatic N) is 3. The van der Waals surface area contributed by atoms with Gasteiger partial charge in [-0.1, -0.05) is 5.10 Å². The molecule has 2 heterocycles. The van der Waals surface area contributed by atoms with Crippen molar-refractivity contribution in [3.05, 3.63) is 35.7 Å². The van der Waals surface area contributed by atoms with Crippen LogP contribution in [0, 0.1) is 11.8 Å². The number of methoxy groups -OCH3 is 1. The number of hydrogen-bond acceptors (Lipinski definition) is 8. The molecule has 0 unspecified atom stereocenters. The average Bonchev–Trinajstić information content (AvgIpc) is 3.32. The fraction of sp³-hybridized carbons (Fsp3) is 0.571. The highest BCUT2D eigenvalue weighted by Gasteiger charge is 2.44. The number of carbonyl (C=O) groups is 1. The number of aliphatic hydroxyl groups excluding tert-OH is 1. The van der Waals surface area contributed by atoms with Crippen LogP contribution >= 0.6 is 0 Å². The summed E-state index contributed by atoms with van der Waals surface area (Å²) in [5, 5.41) is 19.0. The Labute approximate surface area is 168 Å². The Bertz CT molecular complexity index is 879. The van der Waals surface area contributed by atoms with E-state index >= 15 is 0 Å². The van der Waals surface area contributed by atoms with Gasteiger partial charge >= 0.3 is 12.0 Å². The van der Waals surface area contributed by atoms with Crippen LogP contribution in [0.25, 0.3) is 0 Å². The number of hydrogen-bond donors (Lipinski definition) is 1. The molecule has 5 rings (SSSR count). The first kappa shape index (κ1) is 18.4. The van der Waals surface area contributed by atoms with Gasteiger partial charge in [-0.25, -0.2) is 4.79 Å². The third-order valence-electron chi connectivity index (χ3n) is 6.27. The third-order valence-corrected chi connectivity index (χ3v) is 6.27. The lowest BCUT2D eigenvalue weighted by Crippen LogP contribution is -2.42. The molecule has 0 spiro atoms. The lowest BCUT2D eigenvalue weighted by atomic mass is 9.78. The van der Waals surface area contributed by atoms with Crippen molar-refractivity contribution in [1.29, 1.82) is 0 Å². The van der Waals surface area contributed by atoms with Gasteiger partial charge in [0.1, 0.15) is 11.9 Å². The molecule has 1 saturated heterocycles. The SMILES string of the molecule is COC(=O)c1ccc(O[C@@H]2C[C@@H]3CN(c4nnc(C5CC5)o4)C[C@@H]3C[C@H]2O)cc1. The maximum absolute atomic E-state index is 11.6. The molecule has 4 atom stereocenters. The van der Waals surface area contributed by atoms with E-state index in [0.29, 0.717) is 41.5 Å². The number of aliphatic hydroxyl groups is 1. The van der Waals surface area contributed by atoms with Crippen LogP contribution in [-0.2, 0) is 4.74 Å². The molecular weight excluding hydrogens is 374 g/mol. The maximum Gasteiger partial charge on any atom is 0.337 e. The molecule has 154 valence electrons. The summed E-state index contributed by atoms with van der Waals surface area (Å²) in [6, 6.07) is 7.42. The number of fused-ring (bicyclic) bond motifs is 1. The van der Waals surface area contributed by atoms with E-state index in [9.17, 15) is 9.90 Å². The monoisotopic (exact) mass is 399 g/mol. The molecule has 3 aliphatic rings. The van der Waals surface area contributed by atoms with Crippen molar-refractivity contribution in [3.8, 4) is 5.75 Å². The van der Waals surface area contributed by atoms with Crippen molar-refractivity contribution in [3.63, 3.8) is 0 Å². The summed E-state index contributed by atoms with van der Waals surface area (Å²) >= 11 is 0. The second-order valence-corrected chi connectivity index (χ2v) is 8.33. The van der Waals surface area contributed by atoms with Gasteiger partial charge in [-0.3, -0.25) is 0 Å². The minimum Gasteiger partial charge on any atom is -0.488 e. The maximum atomic E-state index is 11.6. The van der Waals surface area contributed by atoms with Crippen molar-refractivity contribution in [2.45, 2.75) is 43.8 Å². The summed E-state index contributed by atoms with van der Waals surface area (Å²) in [5.41, 5.74) is 0.473. The number of ether oxygens (including phenoxy) is 2. The number of benzene rings is 1. The first-order chi connectivity index (χ1) is 14.1. The van der Waals surface area contributed by atoms with E-state index in [4.69, 9.17) is 13.9 Å². The Balaban J connectivity index is 1.22. The molecule has 3 fully saturated rings. The minimum atomic E-state index is -0.527. The highest BCUT2D eigenvalue weighted by Crippen LogP contribution is 2.42. The van der Waals surface area contributed by atoms with Gasteiger partial charge in [0.2, 0.25) is 5.89 Å². The molecule has 1 aliphatic heterocycles. The van der Waals surface area contributed by atoms with E-state index in [-0.39, 0.29) is 12.1 Å². The minimum absolute atomic E-state index is 0.273. The zero-order chi connectivity index (χ0) is 20.0. The van der Waals surface area contributed by atoms with Crippen molar-refractivity contribution in [1.82, 2.24) is 10.2 Å². The molecule has 2 aliphatic carbocycles. The van der Waals surface area contributed by atoms with Gasteiger partial charge in [0.15, 0.2) is 0 Å². The largest absolute Gasteiger partial charge is 0.488 e. The van der Waals surface area contributed by atoms with Gasteiger partial charge in [-0.2, -0.15) is 0 Å². The predicted molar refractivity (Wildman–Crippen MR) is 103 cm³/mol. The molecule has 2 saturated carbocycles. The molecule has 2 aromatic rings. The van der Waals surface area contributed by atoms with Gasteiger partial charge in [0, 0.05) is 19.0 Å². The van der Waals surface area contributed by atoms with E-state index in [2.05, 4.69) is 15.1 Å². The Morgan fingerprint density at radius 1 is 1.14 bits per heavy atom. The van der Waals surface area contributed by atoms with E-state index < -0.39 is 6.10 Å². The lowest BCUT2D eigenvalue weighted by Gasteiger charge is -2.35. The third kappa shape index (κ3) is 3.69. The van der Waals surface area contributed by atoms with E-state index in [1.54, 1.807) is 24.3 Å². The van der Waals surface area contributed by atoms with Crippen LogP contribution in [-0.4, -0.2) is 53.7 Å². The van der Waals surface area contributed by atoms with Crippen molar-refractivity contribution in [2.24, 2.45) is 11.8 Å². The number of anilines is 1. The Morgan fingerprint density at radius 3 is 2.55 bits per heavy atom. The lowest BCUT2D eigenvalue weighted by molar-refractivity contribution is -0.0231. The molecule has 1 N–H and O–H groups in total. The quantitative estimate of drug-likeness (QED) is 0.766. The molecular formula is C21H25N3O5.